The van der Waals surface area contributed by atoms with Gasteiger partial charge in [0.1, 0.15) is 5.76 Å². The first-order valence-electron chi connectivity index (χ1n) is 11.9. The predicted molar refractivity (Wildman–Crippen MR) is 152 cm³/mol. The highest BCUT2D eigenvalue weighted by molar-refractivity contribution is 5.91. The minimum absolute atomic E-state index is 0.0119. The van der Waals surface area contributed by atoms with Gasteiger partial charge in [-0.3, -0.25) is 4.79 Å². The van der Waals surface area contributed by atoms with Crippen LogP contribution in [-0.4, -0.2) is 58.4 Å². The van der Waals surface area contributed by atoms with Gasteiger partial charge in [-0.15, -0.1) is 0 Å². The molecule has 1 heterocycles. The zero-order valence-corrected chi connectivity index (χ0v) is 23.5. The molecule has 0 aliphatic carbocycles. The van der Waals surface area contributed by atoms with Crippen molar-refractivity contribution in [1.29, 1.82) is 0 Å². The van der Waals surface area contributed by atoms with Gasteiger partial charge in [0, 0.05) is 44.2 Å². The number of rotatable bonds is 7. The number of ether oxygens (including phenoxy) is 1. The van der Waals surface area contributed by atoms with Gasteiger partial charge in [-0.2, -0.15) is 0 Å². The zero-order chi connectivity index (χ0) is 28.7. The SMILES string of the molecule is C=C(/C(C)=C/C=C(O)\C=C/C)n1c(C)cc2c(CC(=O)O)cccc21.CC.CCO.CCOC.CO. The third kappa shape index (κ3) is 14.3. The van der Waals surface area contributed by atoms with Crippen molar-refractivity contribution in [1.82, 2.24) is 4.57 Å². The number of carboxylic acid groups (broad SMARTS) is 1. The Morgan fingerprint density at radius 2 is 1.67 bits per heavy atom. The van der Waals surface area contributed by atoms with Crippen molar-refractivity contribution in [2.24, 2.45) is 0 Å². The van der Waals surface area contributed by atoms with E-state index in [9.17, 15) is 9.90 Å². The second kappa shape index (κ2) is 23.6. The maximum atomic E-state index is 11.1. The lowest BCUT2D eigenvalue weighted by molar-refractivity contribution is -0.136. The van der Waals surface area contributed by atoms with Crippen molar-refractivity contribution < 1.29 is 30.0 Å². The second-order valence-electron chi connectivity index (χ2n) is 6.82. The van der Waals surface area contributed by atoms with Crippen LogP contribution in [0.4, 0.5) is 0 Å². The summed E-state index contributed by atoms with van der Waals surface area (Å²) in [4.78, 5) is 11.1. The molecule has 0 spiro atoms. The van der Waals surface area contributed by atoms with Gasteiger partial charge in [-0.1, -0.05) is 44.7 Å². The molecule has 1 aromatic heterocycles. The van der Waals surface area contributed by atoms with Crippen LogP contribution in [0.2, 0.25) is 0 Å². The Labute approximate surface area is 217 Å². The van der Waals surface area contributed by atoms with Gasteiger partial charge in [-0.05, 0) is 70.0 Å². The molecular formula is C29H47NO6. The lowest BCUT2D eigenvalue weighted by Gasteiger charge is -2.12. The number of carboxylic acids is 1. The van der Waals surface area contributed by atoms with Gasteiger partial charge < -0.3 is 29.7 Å². The van der Waals surface area contributed by atoms with E-state index in [1.807, 2.05) is 76.5 Å². The smallest absolute Gasteiger partial charge is 0.307 e. The summed E-state index contributed by atoms with van der Waals surface area (Å²) in [7, 11) is 2.68. The van der Waals surface area contributed by atoms with E-state index in [1.54, 1.807) is 32.3 Å². The fourth-order valence-electron chi connectivity index (χ4n) is 2.81. The van der Waals surface area contributed by atoms with Crippen molar-refractivity contribution in [3.63, 3.8) is 0 Å². The molecule has 0 saturated carbocycles. The summed E-state index contributed by atoms with van der Waals surface area (Å²) >= 11 is 0. The molecule has 0 saturated heterocycles. The number of aromatic nitrogens is 1. The molecule has 7 heteroatoms. The highest BCUT2D eigenvalue weighted by Crippen LogP contribution is 2.29. The first-order valence-corrected chi connectivity index (χ1v) is 11.9. The van der Waals surface area contributed by atoms with Gasteiger partial charge in [0.2, 0.25) is 0 Å². The number of aryl methyl sites for hydroxylation is 1. The topological polar surface area (TPSA) is 112 Å². The Balaban J connectivity index is -0.000000850. The molecule has 0 aliphatic rings. The molecule has 0 bridgehead atoms. The standard InChI is InChI=1S/C21H23NO3.C3H8O.C2H6O.C2H6.CH4O/c1-5-7-18(23)11-10-14(2)16(4)22-15(3)12-19-17(13-21(24)25)8-6-9-20(19)22;1-3-4-2;1-2-3;2*1-2/h5-12,23H,4,13H2,1-3H3,(H,24,25);3H2,1-2H3;3H,2H2,1H3;1-2H3;2H,1H3/b7-5-,14-10+,18-11+;;;;. The minimum Gasteiger partial charge on any atom is -0.508 e. The predicted octanol–water partition coefficient (Wildman–Crippen LogP) is 6.30. The number of allylic oxidation sites excluding steroid dienone is 6. The molecule has 0 atom stereocenters. The molecule has 1 aromatic carbocycles. The van der Waals surface area contributed by atoms with E-state index >= 15 is 0 Å². The number of hydrogen-bond donors (Lipinski definition) is 4. The average molecular weight is 506 g/mol. The molecule has 0 radical (unpaired) electrons. The largest absolute Gasteiger partial charge is 0.508 e. The van der Waals surface area contributed by atoms with Gasteiger partial charge >= 0.3 is 5.97 Å². The lowest BCUT2D eigenvalue weighted by atomic mass is 10.1. The Bertz CT molecular complexity index is 966. The van der Waals surface area contributed by atoms with Gasteiger partial charge in [-0.25, -0.2) is 0 Å². The average Bonchev–Trinajstić information content (AvgIpc) is 3.21. The first-order chi connectivity index (χ1) is 17.2. The van der Waals surface area contributed by atoms with Crippen LogP contribution in [0.3, 0.4) is 0 Å². The molecule has 36 heavy (non-hydrogen) atoms. The number of benzene rings is 1. The monoisotopic (exact) mass is 505 g/mol. The van der Waals surface area contributed by atoms with Crippen LogP contribution in [-0.2, 0) is 16.0 Å². The normalized spacial score (nSPS) is 10.6. The van der Waals surface area contributed by atoms with Crippen LogP contribution in [0, 0.1) is 6.92 Å². The molecule has 204 valence electrons. The van der Waals surface area contributed by atoms with Crippen LogP contribution in [0.5, 0.6) is 0 Å². The van der Waals surface area contributed by atoms with E-state index in [-0.39, 0.29) is 18.8 Å². The number of nitrogens with zero attached hydrogens (tertiary/aromatic N) is 1. The van der Waals surface area contributed by atoms with Crippen LogP contribution in [0.25, 0.3) is 16.6 Å². The van der Waals surface area contributed by atoms with Crippen molar-refractivity contribution in [2.45, 2.75) is 54.9 Å². The van der Waals surface area contributed by atoms with Crippen molar-refractivity contribution in [2.75, 3.05) is 27.4 Å². The number of aliphatic carboxylic acids is 1. The lowest BCUT2D eigenvalue weighted by Crippen LogP contribution is -2.01. The molecule has 0 aliphatic heterocycles. The second-order valence-corrected chi connectivity index (χ2v) is 6.82. The summed E-state index contributed by atoms with van der Waals surface area (Å²) in [5.41, 5.74) is 4.37. The van der Waals surface area contributed by atoms with E-state index in [2.05, 4.69) is 11.3 Å². The number of fused-ring (bicyclic) bond motifs is 1. The van der Waals surface area contributed by atoms with Crippen LogP contribution >= 0.6 is 0 Å². The Kier molecular flexibility index (Phi) is 24.5. The Morgan fingerprint density at radius 3 is 2.11 bits per heavy atom. The van der Waals surface area contributed by atoms with Crippen molar-refractivity contribution in [3.05, 3.63) is 77.7 Å². The van der Waals surface area contributed by atoms with Gasteiger partial charge in [0.15, 0.2) is 0 Å². The van der Waals surface area contributed by atoms with E-state index in [0.29, 0.717) is 0 Å². The van der Waals surface area contributed by atoms with E-state index in [0.717, 1.165) is 47.1 Å². The highest BCUT2D eigenvalue weighted by Gasteiger charge is 2.13. The first kappa shape index (κ1) is 37.4. The molecule has 0 amide bonds. The van der Waals surface area contributed by atoms with Gasteiger partial charge in [0.05, 0.1) is 11.9 Å². The van der Waals surface area contributed by atoms with Crippen LogP contribution in [0.15, 0.2) is 66.5 Å². The fraction of sp³-hybridized carbons (Fsp3) is 0.414. The summed E-state index contributed by atoms with van der Waals surface area (Å²) in [6, 6.07) is 7.64. The van der Waals surface area contributed by atoms with Crippen molar-refractivity contribution in [3.8, 4) is 0 Å². The quantitative estimate of drug-likeness (QED) is 0.260. The van der Waals surface area contributed by atoms with Gasteiger partial charge in [0.25, 0.3) is 0 Å². The maximum absolute atomic E-state index is 11.1. The fourth-order valence-corrected chi connectivity index (χ4v) is 2.81. The number of carbonyl (C=O) groups is 1. The van der Waals surface area contributed by atoms with E-state index in [4.69, 9.17) is 15.3 Å². The molecule has 2 aromatic rings. The number of hydrogen-bond acceptors (Lipinski definition) is 5. The summed E-state index contributed by atoms with van der Waals surface area (Å²) in [6.45, 7) is 18.6. The molecule has 0 unspecified atom stereocenters. The zero-order valence-electron chi connectivity index (χ0n) is 23.5. The molecule has 0 fully saturated rings. The van der Waals surface area contributed by atoms with Crippen molar-refractivity contribution >= 4 is 22.6 Å². The van der Waals surface area contributed by atoms with Crippen LogP contribution < -0.4 is 0 Å². The van der Waals surface area contributed by atoms with Crippen LogP contribution in [0.1, 0.15) is 52.8 Å². The third-order valence-electron chi connectivity index (χ3n) is 4.32. The Hall–Kier alpha value is -3.13. The number of methoxy groups -OCH3 is 1. The van der Waals surface area contributed by atoms with E-state index < -0.39 is 5.97 Å². The number of aliphatic hydroxyl groups is 3. The minimum atomic E-state index is -0.850. The number of aliphatic hydroxyl groups excluding tert-OH is 3. The molecular weight excluding hydrogens is 458 g/mol. The third-order valence-corrected chi connectivity index (χ3v) is 4.32. The summed E-state index contributed by atoms with van der Waals surface area (Å²) in [6.07, 6.45) is 6.79. The summed E-state index contributed by atoms with van der Waals surface area (Å²) < 4.78 is 6.55. The van der Waals surface area contributed by atoms with E-state index in [1.165, 1.54) is 0 Å². The molecule has 7 nitrogen and oxygen atoms in total. The Morgan fingerprint density at radius 1 is 1.14 bits per heavy atom. The summed E-state index contributed by atoms with van der Waals surface area (Å²) in [5.74, 6) is -0.676. The maximum Gasteiger partial charge on any atom is 0.307 e. The highest BCUT2D eigenvalue weighted by atomic mass is 16.5. The molecule has 4 N–H and O–H groups in total. The molecule has 2 rings (SSSR count). The summed E-state index contributed by atoms with van der Waals surface area (Å²) in [5, 5.41) is 34.3.